The van der Waals surface area contributed by atoms with Crippen molar-refractivity contribution >= 4 is 11.6 Å². The Hall–Kier alpha value is -0.970. The highest BCUT2D eigenvalue weighted by Crippen LogP contribution is 2.42. The van der Waals surface area contributed by atoms with Crippen LogP contribution in [0.4, 0.5) is 0 Å². The average Bonchev–Trinajstić information content (AvgIpc) is 2.94. The number of hydrogen-bond donors (Lipinski definition) is 1. The van der Waals surface area contributed by atoms with Gasteiger partial charge in [0.2, 0.25) is 0 Å². The lowest BCUT2D eigenvalue weighted by Gasteiger charge is -2.26. The molecule has 1 fully saturated rings. The highest BCUT2D eigenvalue weighted by Gasteiger charge is 2.35. The number of hydrogen-bond acceptors (Lipinski definition) is 4. The molecule has 0 amide bonds. The van der Waals surface area contributed by atoms with Gasteiger partial charge >= 0.3 is 0 Å². The summed E-state index contributed by atoms with van der Waals surface area (Å²) in [7, 11) is 0. The lowest BCUT2D eigenvalue weighted by atomic mass is 9.89. The van der Waals surface area contributed by atoms with E-state index in [1.54, 1.807) is 12.1 Å². The highest BCUT2D eigenvalue weighted by atomic mass is 35.5. The SMILES string of the molecule is CCC1OCCC1C(O)c1cc2c(cc1Cl)OCCO2. The summed E-state index contributed by atoms with van der Waals surface area (Å²) in [5.41, 5.74) is 0.699. The first-order valence-corrected chi connectivity index (χ1v) is 7.47. The van der Waals surface area contributed by atoms with Crippen LogP contribution in [0.25, 0.3) is 0 Å². The average molecular weight is 299 g/mol. The molecule has 1 aromatic carbocycles. The van der Waals surface area contributed by atoms with Crippen LogP contribution in [0.1, 0.15) is 31.4 Å². The molecule has 0 aromatic heterocycles. The van der Waals surface area contributed by atoms with Crippen molar-refractivity contribution in [1.29, 1.82) is 0 Å². The number of halogens is 1. The van der Waals surface area contributed by atoms with Gasteiger partial charge < -0.3 is 19.3 Å². The maximum absolute atomic E-state index is 10.6. The third kappa shape index (κ3) is 2.48. The van der Waals surface area contributed by atoms with E-state index in [-0.39, 0.29) is 12.0 Å². The second-order valence-corrected chi connectivity index (χ2v) is 5.64. The van der Waals surface area contributed by atoms with Crippen LogP contribution in [0.15, 0.2) is 12.1 Å². The minimum absolute atomic E-state index is 0.0834. The monoisotopic (exact) mass is 298 g/mol. The van der Waals surface area contributed by atoms with E-state index in [9.17, 15) is 5.11 Å². The fourth-order valence-corrected chi connectivity index (χ4v) is 3.25. The van der Waals surface area contributed by atoms with Crippen LogP contribution in [0, 0.1) is 5.92 Å². The second-order valence-electron chi connectivity index (χ2n) is 5.23. The largest absolute Gasteiger partial charge is 0.486 e. The number of ether oxygens (including phenoxy) is 3. The molecule has 1 aromatic rings. The Morgan fingerprint density at radius 1 is 1.25 bits per heavy atom. The van der Waals surface area contributed by atoms with Crippen LogP contribution < -0.4 is 9.47 Å². The first-order valence-electron chi connectivity index (χ1n) is 7.09. The Morgan fingerprint density at radius 3 is 2.65 bits per heavy atom. The fraction of sp³-hybridized carbons (Fsp3) is 0.600. The highest BCUT2D eigenvalue weighted by molar-refractivity contribution is 6.31. The van der Waals surface area contributed by atoms with E-state index in [4.69, 9.17) is 25.8 Å². The molecule has 3 rings (SSSR count). The summed E-state index contributed by atoms with van der Waals surface area (Å²) in [6, 6.07) is 3.53. The molecule has 0 spiro atoms. The molecule has 4 nitrogen and oxygen atoms in total. The van der Waals surface area contributed by atoms with Gasteiger partial charge in [-0.1, -0.05) is 18.5 Å². The van der Waals surface area contributed by atoms with Crippen molar-refractivity contribution < 1.29 is 19.3 Å². The maximum atomic E-state index is 10.6. The van der Waals surface area contributed by atoms with Gasteiger partial charge in [-0.25, -0.2) is 0 Å². The van der Waals surface area contributed by atoms with Gasteiger partial charge in [0.1, 0.15) is 13.2 Å². The van der Waals surface area contributed by atoms with Gasteiger partial charge in [-0.2, -0.15) is 0 Å². The zero-order valence-corrected chi connectivity index (χ0v) is 12.2. The molecule has 20 heavy (non-hydrogen) atoms. The van der Waals surface area contributed by atoms with Gasteiger partial charge in [0, 0.05) is 24.2 Å². The Labute approximate surface area is 123 Å². The quantitative estimate of drug-likeness (QED) is 0.932. The minimum Gasteiger partial charge on any atom is -0.486 e. The van der Waals surface area contributed by atoms with Crippen LogP contribution in [0.5, 0.6) is 11.5 Å². The van der Waals surface area contributed by atoms with Crippen molar-refractivity contribution in [3.8, 4) is 11.5 Å². The van der Waals surface area contributed by atoms with Crippen molar-refractivity contribution in [1.82, 2.24) is 0 Å². The van der Waals surface area contributed by atoms with Crippen molar-refractivity contribution in [3.05, 3.63) is 22.7 Å². The third-order valence-electron chi connectivity index (χ3n) is 4.05. The van der Waals surface area contributed by atoms with E-state index in [2.05, 4.69) is 6.92 Å². The normalized spacial score (nSPS) is 26.6. The van der Waals surface area contributed by atoms with Gasteiger partial charge in [0.15, 0.2) is 11.5 Å². The van der Waals surface area contributed by atoms with Crippen molar-refractivity contribution in [2.75, 3.05) is 19.8 Å². The number of fused-ring (bicyclic) bond motifs is 1. The van der Waals surface area contributed by atoms with Crippen LogP contribution in [0.3, 0.4) is 0 Å². The minimum atomic E-state index is -0.634. The van der Waals surface area contributed by atoms with E-state index in [1.165, 1.54) is 0 Å². The molecule has 0 saturated carbocycles. The van der Waals surface area contributed by atoms with Crippen LogP contribution in [-0.2, 0) is 4.74 Å². The molecular weight excluding hydrogens is 280 g/mol. The van der Waals surface area contributed by atoms with Gasteiger partial charge in [0.25, 0.3) is 0 Å². The zero-order valence-electron chi connectivity index (χ0n) is 11.5. The summed E-state index contributed by atoms with van der Waals surface area (Å²) in [5.74, 6) is 1.38. The predicted molar refractivity (Wildman–Crippen MR) is 75.5 cm³/mol. The molecule has 1 N–H and O–H groups in total. The summed E-state index contributed by atoms with van der Waals surface area (Å²) in [6.45, 7) is 3.82. The second kappa shape index (κ2) is 5.80. The van der Waals surface area contributed by atoms with Crippen molar-refractivity contribution in [2.24, 2.45) is 5.92 Å². The number of aliphatic hydroxyl groups excluding tert-OH is 1. The van der Waals surface area contributed by atoms with Crippen LogP contribution >= 0.6 is 11.6 Å². The molecule has 0 aliphatic carbocycles. The van der Waals surface area contributed by atoms with Crippen molar-refractivity contribution in [2.45, 2.75) is 32.0 Å². The van der Waals surface area contributed by atoms with E-state index < -0.39 is 6.10 Å². The van der Waals surface area contributed by atoms with Gasteiger partial charge in [-0.3, -0.25) is 0 Å². The molecule has 2 heterocycles. The first-order chi connectivity index (χ1) is 9.70. The number of benzene rings is 1. The standard InChI is InChI=1S/C15H19ClO4/c1-2-12-9(3-4-18-12)15(17)10-7-13-14(8-11(10)16)20-6-5-19-13/h7-9,12,15,17H,2-6H2,1H3. The van der Waals surface area contributed by atoms with E-state index in [1.807, 2.05) is 0 Å². The van der Waals surface area contributed by atoms with Crippen LogP contribution in [-0.4, -0.2) is 31.0 Å². The summed E-state index contributed by atoms with van der Waals surface area (Å²) < 4.78 is 16.7. The molecule has 0 bridgehead atoms. The molecule has 3 atom stereocenters. The summed E-state index contributed by atoms with van der Waals surface area (Å²) in [5, 5.41) is 11.2. The van der Waals surface area contributed by atoms with Gasteiger partial charge in [-0.05, 0) is 18.9 Å². The molecule has 1 saturated heterocycles. The van der Waals surface area contributed by atoms with Crippen LogP contribution in [0.2, 0.25) is 5.02 Å². The molecule has 2 aliphatic rings. The number of rotatable bonds is 3. The maximum Gasteiger partial charge on any atom is 0.162 e. The molecule has 0 radical (unpaired) electrons. The summed E-state index contributed by atoms with van der Waals surface area (Å²) in [6.07, 6.45) is 1.20. The lowest BCUT2D eigenvalue weighted by molar-refractivity contribution is 0.0305. The lowest BCUT2D eigenvalue weighted by Crippen LogP contribution is -2.23. The third-order valence-corrected chi connectivity index (χ3v) is 4.38. The summed E-state index contributed by atoms with van der Waals surface area (Å²) in [4.78, 5) is 0. The topological polar surface area (TPSA) is 47.9 Å². The van der Waals surface area contributed by atoms with E-state index in [0.29, 0.717) is 41.9 Å². The smallest absolute Gasteiger partial charge is 0.162 e. The molecule has 2 aliphatic heterocycles. The Balaban J connectivity index is 1.89. The zero-order chi connectivity index (χ0) is 14.1. The summed E-state index contributed by atoms with van der Waals surface area (Å²) >= 11 is 6.29. The van der Waals surface area contributed by atoms with Gasteiger partial charge in [0.05, 0.1) is 17.2 Å². The Bertz CT molecular complexity index is 491. The fourth-order valence-electron chi connectivity index (χ4n) is 2.98. The number of aliphatic hydroxyl groups is 1. The van der Waals surface area contributed by atoms with E-state index in [0.717, 1.165) is 12.8 Å². The molecule has 3 unspecified atom stereocenters. The van der Waals surface area contributed by atoms with E-state index >= 15 is 0 Å². The molecule has 110 valence electrons. The van der Waals surface area contributed by atoms with Crippen molar-refractivity contribution in [3.63, 3.8) is 0 Å². The first kappa shape index (κ1) is 14.0. The Morgan fingerprint density at radius 2 is 1.95 bits per heavy atom. The van der Waals surface area contributed by atoms with Gasteiger partial charge in [-0.15, -0.1) is 0 Å². The Kier molecular flexibility index (Phi) is 4.06. The molecule has 5 heteroatoms. The predicted octanol–water partition coefficient (Wildman–Crippen LogP) is 2.96. The molecular formula is C15H19ClO4.